The molecule has 1 nitrogen and oxygen atoms in total. The third-order valence-electron chi connectivity index (χ3n) is 1.09. The lowest BCUT2D eigenvalue weighted by Gasteiger charge is -1.89. The molecule has 0 N–H and O–H groups in total. The number of rotatable bonds is 4. The Kier molecular flexibility index (Phi) is 6.31. The van der Waals surface area contributed by atoms with E-state index in [0.29, 0.717) is 6.42 Å². The largest absolute Gasteiger partial charge is 0.198 e. The van der Waals surface area contributed by atoms with Crippen LogP contribution in [-0.4, -0.2) is 0 Å². The summed E-state index contributed by atoms with van der Waals surface area (Å²) >= 11 is 0. The van der Waals surface area contributed by atoms with E-state index >= 15 is 0 Å². The van der Waals surface area contributed by atoms with Gasteiger partial charge in [-0.2, -0.15) is 5.26 Å². The molecule has 0 fully saturated rings. The van der Waals surface area contributed by atoms with Crippen molar-refractivity contribution in [1.82, 2.24) is 0 Å². The minimum absolute atomic E-state index is 0.651. The predicted octanol–water partition coefficient (Wildman–Crippen LogP) is 2.05. The third kappa shape index (κ3) is 7.05. The van der Waals surface area contributed by atoms with Crippen LogP contribution in [0.25, 0.3) is 0 Å². The van der Waals surface area contributed by atoms with Crippen LogP contribution >= 0.6 is 0 Å². The van der Waals surface area contributed by atoms with Gasteiger partial charge < -0.3 is 0 Å². The first kappa shape index (κ1) is 8.05. The predicted molar refractivity (Wildman–Crippen MR) is 35.8 cm³/mol. The Bertz CT molecular complexity index is 108. The second-order valence-corrected chi connectivity index (χ2v) is 1.90. The molecule has 0 aromatic heterocycles. The van der Waals surface area contributed by atoms with E-state index in [1.165, 1.54) is 0 Å². The molecule has 0 aliphatic carbocycles. The summed E-state index contributed by atoms with van der Waals surface area (Å²) in [7, 11) is 0. The fourth-order valence-corrected chi connectivity index (χ4v) is 0.594. The molecule has 0 rings (SSSR count). The molecule has 0 aromatic rings. The maximum absolute atomic E-state index is 8.12. The second-order valence-electron chi connectivity index (χ2n) is 1.90. The summed E-state index contributed by atoms with van der Waals surface area (Å²) in [6, 6.07) is 2.08. The lowest BCUT2D eigenvalue weighted by atomic mass is 10.2. The van der Waals surface area contributed by atoms with Crippen LogP contribution in [0, 0.1) is 23.7 Å². The topological polar surface area (TPSA) is 23.8 Å². The van der Waals surface area contributed by atoms with Crippen molar-refractivity contribution < 1.29 is 0 Å². The maximum atomic E-state index is 8.12. The van der Waals surface area contributed by atoms with E-state index in [9.17, 15) is 0 Å². The molecule has 0 unspecified atom stereocenters. The van der Waals surface area contributed by atoms with Crippen molar-refractivity contribution in [3.05, 3.63) is 6.42 Å². The van der Waals surface area contributed by atoms with E-state index in [1.54, 1.807) is 0 Å². The van der Waals surface area contributed by atoms with Crippen LogP contribution in [0.3, 0.4) is 0 Å². The zero-order valence-electron chi connectivity index (χ0n) is 5.48. The lowest BCUT2D eigenvalue weighted by Crippen LogP contribution is -1.73. The van der Waals surface area contributed by atoms with Gasteiger partial charge in [0.15, 0.2) is 0 Å². The van der Waals surface area contributed by atoms with E-state index in [4.69, 9.17) is 11.7 Å². The highest BCUT2D eigenvalue weighted by Crippen LogP contribution is 2.00. The Morgan fingerprint density at radius 3 is 2.33 bits per heavy atom. The molecule has 1 heteroatoms. The monoisotopic (exact) mass is 120 g/mol. The molecule has 0 bridgehead atoms. The Balaban J connectivity index is 2.79. The molecule has 0 aliphatic rings. The Morgan fingerprint density at radius 2 is 1.78 bits per heavy atom. The van der Waals surface area contributed by atoms with Crippen LogP contribution in [0.1, 0.15) is 32.1 Å². The van der Waals surface area contributed by atoms with Crippen LogP contribution in [-0.2, 0) is 0 Å². The van der Waals surface area contributed by atoms with E-state index in [-0.39, 0.29) is 0 Å². The van der Waals surface area contributed by atoms with Gasteiger partial charge in [-0.1, -0.05) is 12.3 Å². The van der Waals surface area contributed by atoms with Crippen LogP contribution in [0.4, 0.5) is 0 Å². The van der Waals surface area contributed by atoms with E-state index in [0.717, 1.165) is 25.7 Å². The van der Waals surface area contributed by atoms with Gasteiger partial charge in [-0.25, -0.2) is 0 Å². The zero-order valence-corrected chi connectivity index (χ0v) is 5.48. The van der Waals surface area contributed by atoms with Gasteiger partial charge in [-0.3, -0.25) is 0 Å². The van der Waals surface area contributed by atoms with E-state index < -0.39 is 0 Å². The van der Waals surface area contributed by atoms with Crippen molar-refractivity contribution in [3.63, 3.8) is 0 Å². The van der Waals surface area contributed by atoms with Gasteiger partial charge in [0.25, 0.3) is 0 Å². The van der Waals surface area contributed by atoms with Gasteiger partial charge in [0, 0.05) is 12.8 Å². The zero-order chi connectivity index (χ0) is 6.95. The number of hydrogen-bond acceptors (Lipinski definition) is 1. The molecule has 47 valence electrons. The van der Waals surface area contributed by atoms with Gasteiger partial charge in [0.1, 0.15) is 0 Å². The molecule has 9 heavy (non-hydrogen) atoms. The SMILES string of the molecule is [C]#CCCCCCC#N. The molecule has 0 spiro atoms. The van der Waals surface area contributed by atoms with Gasteiger partial charge in [0.05, 0.1) is 6.07 Å². The first-order chi connectivity index (χ1) is 4.41. The van der Waals surface area contributed by atoms with Crippen LogP contribution in [0.5, 0.6) is 0 Å². The van der Waals surface area contributed by atoms with Gasteiger partial charge in [-0.15, -0.1) is 0 Å². The first-order valence-electron chi connectivity index (χ1n) is 3.18. The summed E-state index contributed by atoms with van der Waals surface area (Å²) < 4.78 is 0. The van der Waals surface area contributed by atoms with Crippen LogP contribution in [0.15, 0.2) is 0 Å². The number of unbranched alkanes of at least 4 members (excludes halogenated alkanes) is 4. The fourth-order valence-electron chi connectivity index (χ4n) is 0.594. The van der Waals surface area contributed by atoms with Crippen molar-refractivity contribution in [1.29, 1.82) is 5.26 Å². The molecule has 0 saturated heterocycles. The number of nitrogens with zero attached hydrogens (tertiary/aromatic N) is 1. The molecular formula is C8H10N. The summed E-state index contributed by atoms with van der Waals surface area (Å²) in [5.41, 5.74) is 0. The molecule has 0 saturated carbocycles. The van der Waals surface area contributed by atoms with Crippen molar-refractivity contribution in [2.24, 2.45) is 0 Å². The molecule has 1 radical (unpaired) electrons. The maximum Gasteiger partial charge on any atom is 0.0621 e. The van der Waals surface area contributed by atoms with E-state index in [2.05, 4.69) is 12.0 Å². The Labute approximate surface area is 56.7 Å². The smallest absolute Gasteiger partial charge is 0.0621 e. The average molecular weight is 120 g/mol. The molecule has 0 aliphatic heterocycles. The Morgan fingerprint density at radius 1 is 1.11 bits per heavy atom. The summed E-state index contributed by atoms with van der Waals surface area (Å²) in [5, 5.41) is 8.12. The summed E-state index contributed by atoms with van der Waals surface area (Å²) in [4.78, 5) is 0. The standard InChI is InChI=1S/C8H10N/c1-2-3-4-5-6-7-8-9/h3-7H2. The van der Waals surface area contributed by atoms with Gasteiger partial charge in [-0.05, 0) is 19.3 Å². The third-order valence-corrected chi connectivity index (χ3v) is 1.09. The second kappa shape index (κ2) is 7.05. The van der Waals surface area contributed by atoms with Crippen LogP contribution in [0.2, 0.25) is 0 Å². The molecular weight excluding hydrogens is 110 g/mol. The quantitative estimate of drug-likeness (QED) is 0.411. The van der Waals surface area contributed by atoms with Crippen LogP contribution < -0.4 is 0 Å². The normalized spacial score (nSPS) is 7.78. The minimum Gasteiger partial charge on any atom is -0.198 e. The van der Waals surface area contributed by atoms with Gasteiger partial charge in [0.2, 0.25) is 0 Å². The molecule has 0 atom stereocenters. The minimum atomic E-state index is 0.651. The summed E-state index contributed by atoms with van der Waals surface area (Å²) in [5.74, 6) is 2.31. The number of nitriles is 1. The highest BCUT2D eigenvalue weighted by atomic mass is 14.2. The summed E-state index contributed by atoms with van der Waals surface area (Å²) in [6.07, 6.45) is 11.0. The van der Waals surface area contributed by atoms with Crippen molar-refractivity contribution in [3.8, 4) is 12.0 Å². The molecule has 0 amide bonds. The highest BCUT2D eigenvalue weighted by molar-refractivity contribution is 4.75. The van der Waals surface area contributed by atoms with E-state index in [1.807, 2.05) is 0 Å². The molecule has 0 heterocycles. The number of hydrogen-bond donors (Lipinski definition) is 0. The van der Waals surface area contributed by atoms with Crippen molar-refractivity contribution in [2.45, 2.75) is 32.1 Å². The first-order valence-corrected chi connectivity index (χ1v) is 3.18. The van der Waals surface area contributed by atoms with Crippen molar-refractivity contribution in [2.75, 3.05) is 0 Å². The average Bonchev–Trinajstić information content (AvgIpc) is 1.89. The highest BCUT2D eigenvalue weighted by Gasteiger charge is 1.84. The van der Waals surface area contributed by atoms with Crippen molar-refractivity contribution >= 4 is 0 Å². The summed E-state index contributed by atoms with van der Waals surface area (Å²) in [6.45, 7) is 0. The Hall–Kier alpha value is -0.950. The lowest BCUT2D eigenvalue weighted by molar-refractivity contribution is 0.706. The molecule has 0 aromatic carbocycles. The van der Waals surface area contributed by atoms with Gasteiger partial charge >= 0.3 is 0 Å². The fraction of sp³-hybridized carbons (Fsp3) is 0.625.